The number of hydrogen-bond acceptors (Lipinski definition) is 6. The van der Waals surface area contributed by atoms with E-state index in [0.29, 0.717) is 26.4 Å². The topological polar surface area (TPSA) is 91.4 Å². The summed E-state index contributed by atoms with van der Waals surface area (Å²) in [7, 11) is 0. The maximum Gasteiger partial charge on any atom is 0.171 e. The lowest BCUT2D eigenvalue weighted by Crippen LogP contribution is -3.00. The van der Waals surface area contributed by atoms with E-state index in [2.05, 4.69) is 10.3 Å². The van der Waals surface area contributed by atoms with Crippen molar-refractivity contribution in [3.8, 4) is 0 Å². The lowest BCUT2D eigenvalue weighted by molar-refractivity contribution is -0.699. The average Bonchev–Trinajstić information content (AvgIpc) is 2.67. The van der Waals surface area contributed by atoms with E-state index in [-0.39, 0.29) is 34.0 Å². The first kappa shape index (κ1) is 26.1. The van der Waals surface area contributed by atoms with Crippen LogP contribution in [-0.2, 0) is 22.6 Å². The van der Waals surface area contributed by atoms with Crippen molar-refractivity contribution in [2.24, 2.45) is 10.3 Å². The molecule has 10 heteroatoms. The molecule has 0 unspecified atom stereocenters. The standard InChI is InChI=1S/C18H22N4O4.2BrH/c23-19-15-17-1-5-21(6-2-17)9-11-25-13-14-26-12-10-22-7-3-18(4-8-22)16-20-24;;/h1-8,15-16H,9-14H2;2*1H. The van der Waals surface area contributed by atoms with Crippen LogP contribution < -0.4 is 43.1 Å². The highest BCUT2D eigenvalue weighted by Crippen LogP contribution is 1.91. The zero-order valence-corrected chi connectivity index (χ0v) is 18.4. The summed E-state index contributed by atoms with van der Waals surface area (Å²) in [6, 6.07) is 7.46. The molecule has 28 heavy (non-hydrogen) atoms. The Morgan fingerprint density at radius 3 is 1.36 bits per heavy atom. The molecule has 2 rings (SSSR count). The first-order chi connectivity index (χ1) is 12.8. The van der Waals surface area contributed by atoms with Gasteiger partial charge in [-0.25, -0.2) is 9.13 Å². The predicted octanol–water partition coefficient (Wildman–Crippen LogP) is -5.38. The zero-order valence-electron chi connectivity index (χ0n) is 15.3. The minimum atomic E-state index is 0. The Hall–Kier alpha value is -1.88. The lowest BCUT2D eigenvalue weighted by atomic mass is 10.3. The Morgan fingerprint density at radius 2 is 1.04 bits per heavy atom. The van der Waals surface area contributed by atoms with E-state index in [0.717, 1.165) is 24.2 Å². The van der Waals surface area contributed by atoms with E-state index in [4.69, 9.17) is 19.9 Å². The van der Waals surface area contributed by atoms with Gasteiger partial charge in [0.25, 0.3) is 0 Å². The fourth-order valence-corrected chi connectivity index (χ4v) is 2.20. The number of oxime groups is 2. The van der Waals surface area contributed by atoms with Crippen molar-refractivity contribution in [1.82, 2.24) is 0 Å². The molecule has 0 radical (unpaired) electrons. The molecule has 154 valence electrons. The van der Waals surface area contributed by atoms with Crippen LogP contribution in [0.15, 0.2) is 59.4 Å². The van der Waals surface area contributed by atoms with Gasteiger partial charge >= 0.3 is 0 Å². The third-order valence-corrected chi connectivity index (χ3v) is 3.61. The first-order valence-electron chi connectivity index (χ1n) is 8.30. The van der Waals surface area contributed by atoms with E-state index < -0.39 is 0 Å². The van der Waals surface area contributed by atoms with Crippen LogP contribution in [0.3, 0.4) is 0 Å². The summed E-state index contributed by atoms with van der Waals surface area (Å²) in [4.78, 5) is 0. The van der Waals surface area contributed by atoms with Crippen molar-refractivity contribution in [2.75, 3.05) is 26.4 Å². The summed E-state index contributed by atoms with van der Waals surface area (Å²) >= 11 is 0. The summed E-state index contributed by atoms with van der Waals surface area (Å²) in [5.41, 5.74) is 1.68. The van der Waals surface area contributed by atoms with Crippen LogP contribution in [0.25, 0.3) is 0 Å². The highest BCUT2D eigenvalue weighted by Gasteiger charge is 2.02. The fourth-order valence-electron chi connectivity index (χ4n) is 2.20. The zero-order chi connectivity index (χ0) is 18.5. The van der Waals surface area contributed by atoms with Gasteiger partial charge in [0, 0.05) is 35.4 Å². The fraction of sp³-hybridized carbons (Fsp3) is 0.333. The van der Waals surface area contributed by atoms with Crippen molar-refractivity contribution < 1.29 is 63.0 Å². The second-order valence-corrected chi connectivity index (χ2v) is 5.45. The third-order valence-electron chi connectivity index (χ3n) is 3.61. The lowest BCUT2D eigenvalue weighted by Gasteiger charge is -2.03. The third kappa shape index (κ3) is 10.5. The Bertz CT molecular complexity index is 636. The molecular formula is C18H24Br2N4O4. The molecule has 0 saturated carbocycles. The summed E-state index contributed by atoms with van der Waals surface area (Å²) in [6.45, 7) is 3.79. The monoisotopic (exact) mass is 518 g/mol. The molecule has 0 aromatic carbocycles. The maximum atomic E-state index is 8.46. The van der Waals surface area contributed by atoms with Crippen LogP contribution >= 0.6 is 0 Å². The van der Waals surface area contributed by atoms with Gasteiger partial charge in [-0.2, -0.15) is 0 Å². The highest BCUT2D eigenvalue weighted by atomic mass is 79.9. The molecule has 2 N–H and O–H groups in total. The van der Waals surface area contributed by atoms with E-state index in [1.807, 2.05) is 58.2 Å². The Morgan fingerprint density at radius 1 is 0.679 bits per heavy atom. The van der Waals surface area contributed by atoms with Gasteiger partial charge in [0.1, 0.15) is 13.2 Å². The summed E-state index contributed by atoms with van der Waals surface area (Å²) in [5.74, 6) is 0. The molecule has 2 aromatic rings. The second-order valence-electron chi connectivity index (χ2n) is 5.45. The Balaban J connectivity index is 0.00000364. The SMILES string of the molecule is O/N=C\c1cc[n+](CCOCCOCC[n+]2ccc(/C=N\O)cc2)cc1.[Br-].[Br-]. The van der Waals surface area contributed by atoms with Crippen molar-refractivity contribution in [3.05, 3.63) is 60.2 Å². The normalized spacial score (nSPS) is 10.7. The molecule has 0 amide bonds. The van der Waals surface area contributed by atoms with Gasteiger partial charge in [0.05, 0.1) is 25.6 Å². The van der Waals surface area contributed by atoms with Crippen LogP contribution in [0.2, 0.25) is 0 Å². The van der Waals surface area contributed by atoms with Gasteiger partial charge in [0.2, 0.25) is 0 Å². The maximum absolute atomic E-state index is 8.46. The number of hydrogen-bond donors (Lipinski definition) is 2. The van der Waals surface area contributed by atoms with E-state index in [9.17, 15) is 0 Å². The van der Waals surface area contributed by atoms with Crippen molar-refractivity contribution in [1.29, 1.82) is 0 Å². The van der Waals surface area contributed by atoms with Gasteiger partial charge in [-0.3, -0.25) is 0 Å². The molecule has 0 fully saturated rings. The number of aromatic nitrogens is 2. The summed E-state index contributed by atoms with van der Waals surface area (Å²) in [6.07, 6.45) is 10.4. The van der Waals surface area contributed by atoms with Crippen molar-refractivity contribution in [2.45, 2.75) is 13.1 Å². The molecule has 0 spiro atoms. The average molecular weight is 520 g/mol. The minimum absolute atomic E-state index is 0. The second kappa shape index (κ2) is 16.1. The molecule has 2 heterocycles. The van der Waals surface area contributed by atoms with Gasteiger partial charge in [0.15, 0.2) is 37.9 Å². The van der Waals surface area contributed by atoms with E-state index in [1.165, 1.54) is 12.4 Å². The molecule has 8 nitrogen and oxygen atoms in total. The first-order valence-corrected chi connectivity index (χ1v) is 8.30. The molecule has 0 saturated heterocycles. The Kier molecular flexibility index (Phi) is 15.0. The van der Waals surface area contributed by atoms with Crippen molar-refractivity contribution >= 4 is 12.4 Å². The number of nitrogens with zero attached hydrogens (tertiary/aromatic N) is 4. The van der Waals surface area contributed by atoms with Gasteiger partial charge in [-0.15, -0.1) is 0 Å². The highest BCUT2D eigenvalue weighted by molar-refractivity contribution is 5.78. The Labute approximate surface area is 185 Å². The number of pyridine rings is 2. The molecule has 0 aliphatic rings. The minimum Gasteiger partial charge on any atom is -1.00 e. The van der Waals surface area contributed by atoms with E-state index >= 15 is 0 Å². The number of ether oxygens (including phenoxy) is 2. The predicted molar refractivity (Wildman–Crippen MR) is 93.7 cm³/mol. The smallest absolute Gasteiger partial charge is 0.171 e. The largest absolute Gasteiger partial charge is 1.00 e. The summed E-state index contributed by atoms with van der Waals surface area (Å²) in [5, 5.41) is 22.9. The summed E-state index contributed by atoms with van der Waals surface area (Å²) < 4.78 is 15.1. The molecule has 0 aliphatic carbocycles. The van der Waals surface area contributed by atoms with Crippen LogP contribution in [0.4, 0.5) is 0 Å². The molecule has 0 atom stereocenters. The van der Waals surface area contributed by atoms with E-state index in [1.54, 1.807) is 0 Å². The molecule has 2 aromatic heterocycles. The molecular weight excluding hydrogens is 496 g/mol. The van der Waals surface area contributed by atoms with Gasteiger partial charge < -0.3 is 53.9 Å². The van der Waals surface area contributed by atoms with Gasteiger partial charge in [-0.05, 0) is 0 Å². The van der Waals surface area contributed by atoms with Crippen LogP contribution in [0.1, 0.15) is 11.1 Å². The van der Waals surface area contributed by atoms with Crippen LogP contribution in [-0.4, -0.2) is 49.3 Å². The van der Waals surface area contributed by atoms with Crippen LogP contribution in [0, 0.1) is 0 Å². The molecule has 0 bridgehead atoms. The van der Waals surface area contributed by atoms with Crippen LogP contribution in [0.5, 0.6) is 0 Å². The molecule has 0 aliphatic heterocycles. The number of rotatable bonds is 11. The van der Waals surface area contributed by atoms with Gasteiger partial charge in [-0.1, -0.05) is 10.3 Å². The number of halogens is 2. The van der Waals surface area contributed by atoms with Crippen molar-refractivity contribution in [3.63, 3.8) is 0 Å². The quantitative estimate of drug-likeness (QED) is 0.102.